The van der Waals surface area contributed by atoms with E-state index < -0.39 is 0 Å². The van der Waals surface area contributed by atoms with Gasteiger partial charge in [-0.2, -0.15) is 5.10 Å². The molecule has 2 aliphatic rings. The van der Waals surface area contributed by atoms with E-state index in [9.17, 15) is 0 Å². The van der Waals surface area contributed by atoms with Gasteiger partial charge in [-0.05, 0) is 81.4 Å². The van der Waals surface area contributed by atoms with Crippen LogP contribution in [0, 0.1) is 11.8 Å². The van der Waals surface area contributed by atoms with Gasteiger partial charge in [-0.15, -0.1) is 0 Å². The molecule has 146 valence electrons. The van der Waals surface area contributed by atoms with E-state index >= 15 is 0 Å². The minimum Gasteiger partial charge on any atom is -0.496 e. The first-order valence-corrected chi connectivity index (χ1v) is 10.2. The highest BCUT2D eigenvalue weighted by atomic mass is 16.5. The number of aromatic nitrogens is 3. The van der Waals surface area contributed by atoms with Crippen molar-refractivity contribution in [2.24, 2.45) is 11.8 Å². The number of nitrogens with one attached hydrogen (secondary N) is 1. The van der Waals surface area contributed by atoms with E-state index in [-0.39, 0.29) is 0 Å². The monoisotopic (exact) mass is 369 g/mol. The van der Waals surface area contributed by atoms with Crippen molar-refractivity contribution in [1.82, 2.24) is 25.0 Å². The van der Waals surface area contributed by atoms with E-state index in [1.54, 1.807) is 19.8 Å². The second-order valence-corrected chi connectivity index (χ2v) is 7.94. The average Bonchev–Trinajstić information content (AvgIpc) is 3.23. The first-order chi connectivity index (χ1) is 13.3. The third kappa shape index (κ3) is 4.68. The number of likely N-dealkylation sites (tertiary alicyclic amines) is 1. The van der Waals surface area contributed by atoms with Crippen LogP contribution in [0.3, 0.4) is 0 Å². The molecule has 0 unspecified atom stereocenters. The lowest BCUT2D eigenvalue weighted by molar-refractivity contribution is 0.126. The Kier molecular flexibility index (Phi) is 6.04. The Morgan fingerprint density at radius 2 is 1.85 bits per heavy atom. The minimum atomic E-state index is 0.689. The summed E-state index contributed by atoms with van der Waals surface area (Å²) in [7, 11) is 1.73. The molecule has 2 aromatic rings. The highest BCUT2D eigenvalue weighted by molar-refractivity contribution is 5.37. The van der Waals surface area contributed by atoms with Gasteiger partial charge in [0.15, 0.2) is 0 Å². The molecule has 0 amide bonds. The van der Waals surface area contributed by atoms with Crippen LogP contribution in [0.1, 0.15) is 36.8 Å². The summed E-state index contributed by atoms with van der Waals surface area (Å²) in [6.07, 6.45) is 8.77. The zero-order chi connectivity index (χ0) is 18.5. The molecule has 2 saturated heterocycles. The molecule has 6 heteroatoms. The number of hydrogen-bond donors (Lipinski definition) is 1. The van der Waals surface area contributed by atoms with Crippen LogP contribution in [0.4, 0.5) is 0 Å². The van der Waals surface area contributed by atoms with E-state index in [1.165, 1.54) is 57.4 Å². The lowest BCUT2D eigenvalue weighted by atomic mass is 9.79. The Morgan fingerprint density at radius 1 is 1.07 bits per heavy atom. The van der Waals surface area contributed by atoms with Crippen LogP contribution in [-0.2, 0) is 13.1 Å². The van der Waals surface area contributed by atoms with Crippen molar-refractivity contribution >= 4 is 0 Å². The molecule has 0 spiro atoms. The quantitative estimate of drug-likeness (QED) is 0.848. The van der Waals surface area contributed by atoms with E-state index in [4.69, 9.17) is 4.74 Å². The number of piperidine rings is 2. The number of hydrogen-bond acceptors (Lipinski definition) is 5. The molecule has 3 heterocycles. The molecule has 4 rings (SSSR count). The summed E-state index contributed by atoms with van der Waals surface area (Å²) in [6, 6.07) is 6.55. The highest BCUT2D eigenvalue weighted by Gasteiger charge is 2.27. The third-order valence-electron chi connectivity index (χ3n) is 6.23. The van der Waals surface area contributed by atoms with Crippen molar-refractivity contribution in [1.29, 1.82) is 0 Å². The van der Waals surface area contributed by atoms with Crippen molar-refractivity contribution < 1.29 is 4.74 Å². The van der Waals surface area contributed by atoms with Gasteiger partial charge in [0.1, 0.15) is 18.4 Å². The van der Waals surface area contributed by atoms with Crippen LogP contribution >= 0.6 is 0 Å². The zero-order valence-electron chi connectivity index (χ0n) is 16.3. The second-order valence-electron chi connectivity index (χ2n) is 7.94. The second kappa shape index (κ2) is 8.85. The van der Waals surface area contributed by atoms with Crippen LogP contribution in [0.2, 0.25) is 0 Å². The number of rotatable bonds is 6. The van der Waals surface area contributed by atoms with Gasteiger partial charge in [0.25, 0.3) is 0 Å². The number of methoxy groups -OCH3 is 1. The van der Waals surface area contributed by atoms with E-state index in [0.717, 1.165) is 29.7 Å². The standard InChI is InChI=1S/C21H31N5O/c1-27-21-3-2-17(12-20(21)14-26-16-23-15-24-26)13-25-10-6-19(7-11-25)18-4-8-22-9-5-18/h2-3,12,15-16,18-19,22H,4-11,13-14H2,1H3. The van der Waals surface area contributed by atoms with Crippen molar-refractivity contribution in [2.45, 2.75) is 38.8 Å². The van der Waals surface area contributed by atoms with Gasteiger partial charge in [-0.25, -0.2) is 9.67 Å². The Bertz CT molecular complexity index is 703. The van der Waals surface area contributed by atoms with E-state index in [0.29, 0.717) is 6.54 Å². The summed E-state index contributed by atoms with van der Waals surface area (Å²) in [5.41, 5.74) is 2.51. The molecular weight excluding hydrogens is 338 g/mol. The highest BCUT2D eigenvalue weighted by Crippen LogP contribution is 2.31. The van der Waals surface area contributed by atoms with Crippen LogP contribution in [0.25, 0.3) is 0 Å². The van der Waals surface area contributed by atoms with Crippen LogP contribution in [0.15, 0.2) is 30.9 Å². The van der Waals surface area contributed by atoms with Crippen molar-refractivity contribution in [3.63, 3.8) is 0 Å². The third-order valence-corrected chi connectivity index (χ3v) is 6.23. The topological polar surface area (TPSA) is 55.2 Å². The van der Waals surface area contributed by atoms with Gasteiger partial charge >= 0.3 is 0 Å². The van der Waals surface area contributed by atoms with Crippen LogP contribution in [0.5, 0.6) is 5.75 Å². The zero-order valence-corrected chi connectivity index (χ0v) is 16.3. The van der Waals surface area contributed by atoms with Crippen LogP contribution < -0.4 is 10.1 Å². The summed E-state index contributed by atoms with van der Waals surface area (Å²) in [5.74, 6) is 2.80. The first-order valence-electron chi connectivity index (χ1n) is 10.2. The molecule has 1 N–H and O–H groups in total. The molecule has 0 aliphatic carbocycles. The smallest absolute Gasteiger partial charge is 0.137 e. The fraction of sp³-hybridized carbons (Fsp3) is 0.619. The van der Waals surface area contributed by atoms with Gasteiger partial charge < -0.3 is 10.1 Å². The Balaban J connectivity index is 1.35. The lowest BCUT2D eigenvalue weighted by Crippen LogP contribution is -2.39. The maximum absolute atomic E-state index is 5.54. The fourth-order valence-electron chi connectivity index (χ4n) is 4.70. The fourth-order valence-corrected chi connectivity index (χ4v) is 4.70. The van der Waals surface area contributed by atoms with Gasteiger partial charge in [0, 0.05) is 12.1 Å². The molecule has 0 bridgehead atoms. The van der Waals surface area contributed by atoms with Crippen LogP contribution in [-0.4, -0.2) is 53.0 Å². The molecular formula is C21H31N5O. The van der Waals surface area contributed by atoms with Crippen molar-refractivity contribution in [3.8, 4) is 5.75 Å². The predicted molar refractivity (Wildman–Crippen MR) is 106 cm³/mol. The largest absolute Gasteiger partial charge is 0.496 e. The summed E-state index contributed by atoms with van der Waals surface area (Å²) >= 11 is 0. The van der Waals surface area contributed by atoms with E-state index in [1.807, 2.05) is 4.68 Å². The molecule has 2 aliphatic heterocycles. The normalized spacial score (nSPS) is 20.0. The van der Waals surface area contributed by atoms with E-state index in [2.05, 4.69) is 38.5 Å². The molecule has 0 saturated carbocycles. The van der Waals surface area contributed by atoms with Crippen molar-refractivity contribution in [2.75, 3.05) is 33.3 Å². The molecule has 6 nitrogen and oxygen atoms in total. The number of ether oxygens (including phenoxy) is 1. The van der Waals surface area contributed by atoms with Crippen molar-refractivity contribution in [3.05, 3.63) is 42.0 Å². The Morgan fingerprint density at radius 3 is 2.56 bits per heavy atom. The first kappa shape index (κ1) is 18.4. The average molecular weight is 370 g/mol. The maximum atomic E-state index is 5.54. The molecule has 0 atom stereocenters. The van der Waals surface area contributed by atoms with Gasteiger partial charge in [0.05, 0.1) is 13.7 Å². The molecule has 2 fully saturated rings. The number of benzene rings is 1. The summed E-state index contributed by atoms with van der Waals surface area (Å²) < 4.78 is 7.38. The molecule has 0 radical (unpaired) electrons. The summed E-state index contributed by atoms with van der Waals surface area (Å²) in [6.45, 7) is 6.58. The molecule has 27 heavy (non-hydrogen) atoms. The maximum Gasteiger partial charge on any atom is 0.137 e. The Hall–Kier alpha value is -1.92. The molecule has 1 aromatic carbocycles. The van der Waals surface area contributed by atoms with Gasteiger partial charge in [-0.1, -0.05) is 6.07 Å². The van der Waals surface area contributed by atoms with Gasteiger partial charge in [0.2, 0.25) is 0 Å². The molecule has 1 aromatic heterocycles. The predicted octanol–water partition coefficient (Wildman–Crippen LogP) is 2.55. The minimum absolute atomic E-state index is 0.689. The lowest BCUT2D eigenvalue weighted by Gasteiger charge is -2.37. The summed E-state index contributed by atoms with van der Waals surface area (Å²) in [5, 5.41) is 7.71. The Labute approximate surface area is 161 Å². The van der Waals surface area contributed by atoms with Gasteiger partial charge in [-0.3, -0.25) is 4.90 Å². The summed E-state index contributed by atoms with van der Waals surface area (Å²) in [4.78, 5) is 6.64. The SMILES string of the molecule is COc1ccc(CN2CCC(C3CCNCC3)CC2)cc1Cn1cncn1. The number of nitrogens with zero attached hydrogens (tertiary/aromatic N) is 4.